The second kappa shape index (κ2) is 6.39. The van der Waals surface area contributed by atoms with Gasteiger partial charge in [0.25, 0.3) is 0 Å². The third-order valence-corrected chi connectivity index (χ3v) is 4.52. The molecular weight excluding hydrogens is 289 g/mol. The average Bonchev–Trinajstić information content (AvgIpc) is 3.11. The van der Waals surface area contributed by atoms with Crippen LogP contribution in [0.15, 0.2) is 34.5 Å². The van der Waals surface area contributed by atoms with Gasteiger partial charge in [-0.1, -0.05) is 23.9 Å². The minimum Gasteiger partial charge on any atom is -0.285 e. The molecule has 2 aliphatic rings. The van der Waals surface area contributed by atoms with Crippen LogP contribution in [0.4, 0.5) is 4.39 Å². The van der Waals surface area contributed by atoms with Gasteiger partial charge in [-0.3, -0.25) is 9.69 Å². The van der Waals surface area contributed by atoms with Gasteiger partial charge in [-0.2, -0.15) is 5.10 Å². The highest BCUT2D eigenvalue weighted by atomic mass is 32.2. The van der Waals surface area contributed by atoms with E-state index >= 15 is 0 Å². The second-order valence-corrected chi connectivity index (χ2v) is 6.09. The summed E-state index contributed by atoms with van der Waals surface area (Å²) in [6.45, 7) is 0.412. The highest BCUT2D eigenvalue weighted by Crippen LogP contribution is 2.23. The van der Waals surface area contributed by atoms with Gasteiger partial charge in [0.05, 0.1) is 12.3 Å². The number of amides is 1. The van der Waals surface area contributed by atoms with Gasteiger partial charge in [0.15, 0.2) is 5.17 Å². The molecular formula is C15H16FN3OS. The molecule has 4 nitrogen and oxygen atoms in total. The van der Waals surface area contributed by atoms with Crippen LogP contribution in [-0.2, 0) is 11.3 Å². The molecule has 110 valence electrons. The van der Waals surface area contributed by atoms with E-state index in [1.807, 2.05) is 0 Å². The van der Waals surface area contributed by atoms with E-state index in [9.17, 15) is 9.18 Å². The van der Waals surface area contributed by atoms with E-state index in [0.29, 0.717) is 17.5 Å². The Morgan fingerprint density at radius 1 is 1.14 bits per heavy atom. The van der Waals surface area contributed by atoms with Crippen LogP contribution in [0.3, 0.4) is 0 Å². The van der Waals surface area contributed by atoms with Crippen molar-refractivity contribution in [3.63, 3.8) is 0 Å². The standard InChI is InChI=1S/C15H16FN3OS/c16-12-7-5-11(6-8-12)9-19-14(20)10-21-15(19)18-17-13-3-1-2-4-13/h5-8H,1-4,9-10H2/b18-15-. The number of rotatable bonds is 3. The molecule has 0 N–H and O–H groups in total. The molecule has 2 fully saturated rings. The topological polar surface area (TPSA) is 45.0 Å². The molecule has 1 aromatic rings. The van der Waals surface area contributed by atoms with Crippen LogP contribution < -0.4 is 0 Å². The Kier molecular flexibility index (Phi) is 4.34. The molecule has 1 saturated heterocycles. The summed E-state index contributed by atoms with van der Waals surface area (Å²) in [5, 5.41) is 9.17. The number of hydrogen-bond donors (Lipinski definition) is 0. The zero-order valence-corrected chi connectivity index (χ0v) is 12.4. The largest absolute Gasteiger partial charge is 0.285 e. The highest BCUT2D eigenvalue weighted by Gasteiger charge is 2.28. The Hall–Kier alpha value is -1.69. The number of carbonyl (C=O) groups is 1. The zero-order chi connectivity index (χ0) is 14.7. The maximum absolute atomic E-state index is 12.9. The fourth-order valence-corrected chi connectivity index (χ4v) is 3.23. The first kappa shape index (κ1) is 14.3. The first-order chi connectivity index (χ1) is 10.2. The summed E-state index contributed by atoms with van der Waals surface area (Å²) < 4.78 is 12.9. The van der Waals surface area contributed by atoms with E-state index in [4.69, 9.17) is 0 Å². The Balaban J connectivity index is 1.74. The van der Waals surface area contributed by atoms with Gasteiger partial charge in [0, 0.05) is 5.71 Å². The lowest BCUT2D eigenvalue weighted by Gasteiger charge is -2.15. The van der Waals surface area contributed by atoms with E-state index in [2.05, 4.69) is 10.2 Å². The van der Waals surface area contributed by atoms with Crippen molar-refractivity contribution in [3.05, 3.63) is 35.6 Å². The maximum Gasteiger partial charge on any atom is 0.239 e. The van der Waals surface area contributed by atoms with E-state index < -0.39 is 0 Å². The third-order valence-electron chi connectivity index (χ3n) is 3.57. The van der Waals surface area contributed by atoms with Crippen LogP contribution in [0.2, 0.25) is 0 Å². The van der Waals surface area contributed by atoms with E-state index in [1.54, 1.807) is 17.0 Å². The molecule has 3 rings (SSSR count). The fourth-order valence-electron chi connectivity index (χ4n) is 2.40. The lowest BCUT2D eigenvalue weighted by molar-refractivity contribution is -0.124. The van der Waals surface area contributed by atoms with Crippen molar-refractivity contribution in [1.82, 2.24) is 4.90 Å². The van der Waals surface area contributed by atoms with Crippen molar-refractivity contribution in [2.75, 3.05) is 5.75 Å². The van der Waals surface area contributed by atoms with Crippen molar-refractivity contribution in [3.8, 4) is 0 Å². The number of halogens is 1. The molecule has 21 heavy (non-hydrogen) atoms. The Labute approximate surface area is 127 Å². The van der Waals surface area contributed by atoms with Crippen molar-refractivity contribution in [2.45, 2.75) is 32.2 Å². The second-order valence-electron chi connectivity index (χ2n) is 5.15. The van der Waals surface area contributed by atoms with Crippen LogP contribution >= 0.6 is 11.8 Å². The molecule has 1 aliphatic carbocycles. The molecule has 0 atom stereocenters. The number of benzene rings is 1. The predicted octanol–water partition coefficient (Wildman–Crippen LogP) is 3.19. The quantitative estimate of drug-likeness (QED) is 0.805. The molecule has 0 spiro atoms. The number of hydrogen-bond acceptors (Lipinski definition) is 4. The monoisotopic (exact) mass is 305 g/mol. The van der Waals surface area contributed by atoms with Gasteiger partial charge in [-0.05, 0) is 43.4 Å². The lowest BCUT2D eigenvalue weighted by Crippen LogP contribution is -2.28. The predicted molar refractivity (Wildman–Crippen MR) is 82.7 cm³/mol. The van der Waals surface area contributed by atoms with Gasteiger partial charge in [-0.25, -0.2) is 4.39 Å². The summed E-state index contributed by atoms with van der Waals surface area (Å²) in [6.07, 6.45) is 4.37. The maximum atomic E-state index is 12.9. The van der Waals surface area contributed by atoms with Crippen LogP contribution in [-0.4, -0.2) is 27.4 Å². The van der Waals surface area contributed by atoms with E-state index in [1.165, 1.54) is 36.7 Å². The molecule has 1 saturated carbocycles. The van der Waals surface area contributed by atoms with E-state index in [-0.39, 0.29) is 11.7 Å². The van der Waals surface area contributed by atoms with Crippen LogP contribution in [0.25, 0.3) is 0 Å². The molecule has 6 heteroatoms. The Morgan fingerprint density at radius 3 is 2.57 bits per heavy atom. The van der Waals surface area contributed by atoms with Crippen molar-refractivity contribution < 1.29 is 9.18 Å². The molecule has 1 amide bonds. The molecule has 1 aromatic carbocycles. The van der Waals surface area contributed by atoms with Gasteiger partial charge >= 0.3 is 0 Å². The van der Waals surface area contributed by atoms with Gasteiger partial charge < -0.3 is 0 Å². The summed E-state index contributed by atoms with van der Waals surface area (Å²) in [6, 6.07) is 6.18. The summed E-state index contributed by atoms with van der Waals surface area (Å²) in [7, 11) is 0. The smallest absolute Gasteiger partial charge is 0.239 e. The minimum atomic E-state index is -0.276. The van der Waals surface area contributed by atoms with E-state index in [0.717, 1.165) is 24.1 Å². The molecule has 1 aliphatic heterocycles. The van der Waals surface area contributed by atoms with Crippen molar-refractivity contribution in [2.24, 2.45) is 10.2 Å². The molecule has 1 heterocycles. The minimum absolute atomic E-state index is 0.0229. The van der Waals surface area contributed by atoms with Crippen LogP contribution in [0.1, 0.15) is 31.2 Å². The molecule has 0 radical (unpaired) electrons. The number of nitrogens with zero attached hydrogens (tertiary/aromatic N) is 3. The number of carbonyl (C=O) groups excluding carboxylic acids is 1. The SMILES string of the molecule is O=C1CS/C(=N\N=C2CCCC2)N1Cc1ccc(F)cc1. The van der Waals surface area contributed by atoms with Crippen LogP contribution in [0, 0.1) is 5.82 Å². The first-order valence-electron chi connectivity index (χ1n) is 7.03. The fraction of sp³-hybridized carbons (Fsp3) is 0.400. The van der Waals surface area contributed by atoms with Crippen molar-refractivity contribution in [1.29, 1.82) is 0 Å². The van der Waals surface area contributed by atoms with Crippen molar-refractivity contribution >= 4 is 28.5 Å². The summed E-state index contributed by atoms with van der Waals surface area (Å²) in [5.74, 6) is 0.141. The molecule has 0 unspecified atom stereocenters. The van der Waals surface area contributed by atoms with Gasteiger partial charge in [0.1, 0.15) is 5.82 Å². The van der Waals surface area contributed by atoms with Gasteiger partial charge in [0.2, 0.25) is 5.91 Å². The normalized spacial score (nSPS) is 20.6. The summed E-state index contributed by atoms with van der Waals surface area (Å²) >= 11 is 1.41. The molecule has 0 aromatic heterocycles. The summed E-state index contributed by atoms with van der Waals surface area (Å²) in [4.78, 5) is 13.6. The molecule has 0 bridgehead atoms. The average molecular weight is 305 g/mol. The Bertz CT molecular complexity index is 589. The third kappa shape index (κ3) is 3.50. The number of amidine groups is 1. The summed E-state index contributed by atoms with van der Waals surface area (Å²) in [5.41, 5.74) is 2.00. The van der Waals surface area contributed by atoms with Crippen LogP contribution in [0.5, 0.6) is 0 Å². The number of thioether (sulfide) groups is 1. The highest BCUT2D eigenvalue weighted by molar-refractivity contribution is 8.15. The van der Waals surface area contributed by atoms with Gasteiger partial charge in [-0.15, -0.1) is 5.10 Å². The zero-order valence-electron chi connectivity index (χ0n) is 11.6. The lowest BCUT2D eigenvalue weighted by atomic mass is 10.2. The Morgan fingerprint density at radius 2 is 1.86 bits per heavy atom. The first-order valence-corrected chi connectivity index (χ1v) is 8.02.